The van der Waals surface area contributed by atoms with Crippen LogP contribution in [-0.2, 0) is 9.53 Å². The third-order valence-corrected chi connectivity index (χ3v) is 0.818. The molecule has 0 bridgehead atoms. The summed E-state index contributed by atoms with van der Waals surface area (Å²) >= 11 is 0. The number of carbonyl (C=O) groups excluding carboxylic acids is 1. The maximum absolute atomic E-state index is 10.7. The second-order valence-corrected chi connectivity index (χ2v) is 3.10. The van der Waals surface area contributed by atoms with Gasteiger partial charge in [-0.05, 0) is 0 Å². The molecule has 0 aromatic carbocycles. The molecule has 0 spiro atoms. The smallest absolute Gasteiger partial charge is 0.366 e. The molecule has 0 atom stereocenters. The van der Waals surface area contributed by atoms with Crippen molar-refractivity contribution in [3.05, 3.63) is 12.8 Å². The van der Waals surface area contributed by atoms with E-state index in [0.717, 1.165) is 6.26 Å². The zero-order valence-electron chi connectivity index (χ0n) is 6.76. The van der Waals surface area contributed by atoms with Gasteiger partial charge in [-0.2, -0.15) is 0 Å². The Balaban J connectivity index is 3.68. The van der Waals surface area contributed by atoms with Crippen molar-refractivity contribution in [1.29, 1.82) is 0 Å². The molecule has 0 aromatic heterocycles. The van der Waals surface area contributed by atoms with Crippen LogP contribution in [0.1, 0.15) is 0 Å². The number of ether oxygens (including phenoxy) is 1. The quantitative estimate of drug-likeness (QED) is 0.325. The van der Waals surface area contributed by atoms with E-state index in [4.69, 9.17) is 0 Å². The van der Waals surface area contributed by atoms with Gasteiger partial charge in [-0.1, -0.05) is 6.58 Å². The predicted molar refractivity (Wildman–Crippen MR) is 39.2 cm³/mol. The summed E-state index contributed by atoms with van der Waals surface area (Å²) < 4.78 is 5.10. The van der Waals surface area contributed by atoms with Crippen LogP contribution in [0.2, 0.25) is 0 Å². The van der Waals surface area contributed by atoms with E-state index < -0.39 is 0 Å². The molecule has 3 heteroatoms. The Labute approximate surface area is 61.5 Å². The normalized spacial score (nSPS) is 10.7. The fraction of sp³-hybridized carbons (Fsp3) is 0.571. The van der Waals surface area contributed by atoms with E-state index in [1.165, 1.54) is 0 Å². The van der Waals surface area contributed by atoms with Gasteiger partial charge in [0.15, 0.2) is 6.54 Å². The molecule has 0 aliphatic heterocycles. The van der Waals surface area contributed by atoms with Crippen molar-refractivity contribution in [3.63, 3.8) is 0 Å². The average molecular weight is 144 g/mol. The van der Waals surface area contributed by atoms with Crippen molar-refractivity contribution < 1.29 is 14.0 Å². The van der Waals surface area contributed by atoms with E-state index in [0.29, 0.717) is 11.0 Å². The lowest BCUT2D eigenvalue weighted by molar-refractivity contribution is -0.862. The maximum atomic E-state index is 10.7. The van der Waals surface area contributed by atoms with Gasteiger partial charge in [0.25, 0.3) is 0 Å². The van der Waals surface area contributed by atoms with Crippen LogP contribution in [0.4, 0.5) is 0 Å². The lowest BCUT2D eigenvalue weighted by Gasteiger charge is -2.21. The van der Waals surface area contributed by atoms with Crippen LogP contribution in [-0.4, -0.2) is 38.1 Å². The largest absolute Gasteiger partial charge is 0.431 e. The number of hydrogen-bond acceptors (Lipinski definition) is 2. The van der Waals surface area contributed by atoms with Crippen LogP contribution in [0.5, 0.6) is 0 Å². The molecule has 3 nitrogen and oxygen atoms in total. The lowest BCUT2D eigenvalue weighted by atomic mass is 10.5. The fourth-order valence-electron chi connectivity index (χ4n) is 0.518. The summed E-state index contributed by atoms with van der Waals surface area (Å²) in [6.45, 7) is 3.65. The van der Waals surface area contributed by atoms with Gasteiger partial charge in [-0.15, -0.1) is 0 Å². The number of hydrogen-bond donors (Lipinski definition) is 0. The van der Waals surface area contributed by atoms with Crippen LogP contribution in [0, 0.1) is 0 Å². The van der Waals surface area contributed by atoms with Crippen LogP contribution in [0.3, 0.4) is 0 Å². The molecule has 0 saturated heterocycles. The van der Waals surface area contributed by atoms with E-state index in [1.807, 2.05) is 21.1 Å². The van der Waals surface area contributed by atoms with Crippen LogP contribution >= 0.6 is 0 Å². The third kappa shape index (κ3) is 5.31. The second kappa shape index (κ2) is 3.37. The molecule has 10 heavy (non-hydrogen) atoms. The van der Waals surface area contributed by atoms with Crippen molar-refractivity contribution in [2.45, 2.75) is 0 Å². The number of carbonyl (C=O) groups is 1. The van der Waals surface area contributed by atoms with Crippen molar-refractivity contribution in [1.82, 2.24) is 0 Å². The molecule has 0 rings (SSSR count). The topological polar surface area (TPSA) is 26.3 Å². The molecule has 0 N–H and O–H groups in total. The summed E-state index contributed by atoms with van der Waals surface area (Å²) in [6, 6.07) is 0. The summed E-state index contributed by atoms with van der Waals surface area (Å²) in [6.07, 6.45) is 1.15. The third-order valence-electron chi connectivity index (χ3n) is 0.818. The second-order valence-electron chi connectivity index (χ2n) is 3.10. The molecule has 0 aliphatic carbocycles. The Kier molecular flexibility index (Phi) is 3.09. The fourth-order valence-corrected chi connectivity index (χ4v) is 0.518. The SMILES string of the molecule is C=COC(=O)C[N+](C)(C)C. The van der Waals surface area contributed by atoms with Crippen molar-refractivity contribution in [2.75, 3.05) is 27.7 Å². The standard InChI is InChI=1S/C7H14NO2/c1-5-10-7(9)6-8(2,3)4/h5H,1,6H2,2-4H3/q+1. The minimum Gasteiger partial charge on any atom is -0.431 e. The Morgan fingerprint density at radius 3 is 2.40 bits per heavy atom. The van der Waals surface area contributed by atoms with Gasteiger partial charge in [0.2, 0.25) is 0 Å². The lowest BCUT2D eigenvalue weighted by Crippen LogP contribution is -2.39. The first-order chi connectivity index (χ1) is 4.45. The zero-order chi connectivity index (χ0) is 8.20. The molecular formula is C7H14NO2+. The van der Waals surface area contributed by atoms with E-state index in [-0.39, 0.29) is 5.97 Å². The highest BCUT2D eigenvalue weighted by Gasteiger charge is 2.13. The van der Waals surface area contributed by atoms with Gasteiger partial charge in [-0.25, -0.2) is 4.79 Å². The number of rotatable bonds is 3. The number of quaternary nitrogens is 1. The summed E-state index contributed by atoms with van der Waals surface area (Å²) in [5.41, 5.74) is 0. The summed E-state index contributed by atoms with van der Waals surface area (Å²) in [5, 5.41) is 0. The number of nitrogens with zero attached hydrogens (tertiary/aromatic N) is 1. The van der Waals surface area contributed by atoms with Gasteiger partial charge in [0.05, 0.1) is 27.4 Å². The summed E-state index contributed by atoms with van der Waals surface area (Å²) in [5.74, 6) is -0.248. The maximum Gasteiger partial charge on any atom is 0.366 e. The Morgan fingerprint density at radius 1 is 1.60 bits per heavy atom. The van der Waals surface area contributed by atoms with Crippen LogP contribution < -0.4 is 0 Å². The molecule has 0 radical (unpaired) electrons. The minimum absolute atomic E-state index is 0.248. The Bertz CT molecular complexity index is 135. The first-order valence-electron chi connectivity index (χ1n) is 3.06. The molecule has 0 heterocycles. The highest BCUT2D eigenvalue weighted by atomic mass is 16.5. The molecular weight excluding hydrogens is 130 g/mol. The summed E-state index contributed by atoms with van der Waals surface area (Å²) in [7, 11) is 5.76. The Morgan fingerprint density at radius 2 is 2.10 bits per heavy atom. The predicted octanol–water partition coefficient (Wildman–Crippen LogP) is 0.379. The molecule has 58 valence electrons. The zero-order valence-corrected chi connectivity index (χ0v) is 6.76. The molecule has 0 amide bonds. The highest BCUT2D eigenvalue weighted by molar-refractivity contribution is 5.71. The van der Waals surface area contributed by atoms with Crippen LogP contribution in [0.15, 0.2) is 12.8 Å². The Hall–Kier alpha value is -0.830. The van der Waals surface area contributed by atoms with Gasteiger partial charge < -0.3 is 9.22 Å². The first-order valence-corrected chi connectivity index (χ1v) is 3.06. The van der Waals surface area contributed by atoms with Crippen molar-refractivity contribution >= 4 is 5.97 Å². The minimum atomic E-state index is -0.248. The number of likely N-dealkylation sites (N-methyl/N-ethyl adjacent to an activating group) is 1. The first kappa shape index (κ1) is 9.17. The summed E-state index contributed by atoms with van der Waals surface area (Å²) in [4.78, 5) is 10.7. The molecule has 0 aromatic rings. The van der Waals surface area contributed by atoms with Gasteiger partial charge in [0.1, 0.15) is 0 Å². The average Bonchev–Trinajstić information content (AvgIpc) is 1.59. The van der Waals surface area contributed by atoms with E-state index in [2.05, 4.69) is 11.3 Å². The van der Waals surface area contributed by atoms with Gasteiger partial charge in [-0.3, -0.25) is 0 Å². The van der Waals surface area contributed by atoms with Gasteiger partial charge >= 0.3 is 5.97 Å². The van der Waals surface area contributed by atoms with Crippen molar-refractivity contribution in [2.24, 2.45) is 0 Å². The molecule has 0 aliphatic rings. The van der Waals surface area contributed by atoms with Crippen molar-refractivity contribution in [3.8, 4) is 0 Å². The monoisotopic (exact) mass is 144 g/mol. The van der Waals surface area contributed by atoms with E-state index in [1.54, 1.807) is 0 Å². The molecule has 0 saturated carbocycles. The molecule has 0 fully saturated rings. The van der Waals surface area contributed by atoms with E-state index in [9.17, 15) is 4.79 Å². The molecule has 0 unspecified atom stereocenters. The van der Waals surface area contributed by atoms with Gasteiger partial charge in [0, 0.05) is 0 Å². The van der Waals surface area contributed by atoms with Crippen LogP contribution in [0.25, 0.3) is 0 Å². The highest BCUT2D eigenvalue weighted by Crippen LogP contribution is 1.90. The number of esters is 1. The van der Waals surface area contributed by atoms with E-state index >= 15 is 0 Å².